The molecule has 126 valence electrons. The zero-order chi connectivity index (χ0) is 17.2. The van der Waals surface area contributed by atoms with Gasteiger partial charge >= 0.3 is 18.0 Å². The predicted molar refractivity (Wildman–Crippen MR) is 82.6 cm³/mol. The van der Waals surface area contributed by atoms with Crippen LogP contribution in [0, 0.1) is 0 Å². The highest BCUT2D eigenvalue weighted by atomic mass is 16.5. The molecular weight excluding hydrogens is 304 g/mol. The van der Waals surface area contributed by atoms with E-state index in [1.807, 2.05) is 6.92 Å². The minimum Gasteiger partial charge on any atom is -0.465 e. The van der Waals surface area contributed by atoms with Crippen LogP contribution in [0.2, 0.25) is 0 Å². The molecule has 0 radical (unpaired) electrons. The molecule has 0 atom stereocenters. The molecule has 0 spiro atoms. The van der Waals surface area contributed by atoms with E-state index in [4.69, 9.17) is 4.74 Å². The molecule has 0 unspecified atom stereocenters. The van der Waals surface area contributed by atoms with Crippen molar-refractivity contribution >= 4 is 23.7 Å². The molecular formula is C15H20N2O6. The third kappa shape index (κ3) is 5.95. The topological polar surface area (TPSA) is 103 Å². The number of benzene rings is 1. The number of methoxy groups -OCH3 is 2. The summed E-state index contributed by atoms with van der Waals surface area (Å²) in [6.45, 7) is 3.14. The summed E-state index contributed by atoms with van der Waals surface area (Å²) in [6, 6.07) is 3.65. The van der Waals surface area contributed by atoms with Crippen molar-refractivity contribution in [2.45, 2.75) is 6.92 Å². The molecule has 23 heavy (non-hydrogen) atoms. The van der Waals surface area contributed by atoms with Crippen LogP contribution in [0.25, 0.3) is 0 Å². The van der Waals surface area contributed by atoms with Gasteiger partial charge in [-0.05, 0) is 25.1 Å². The molecule has 0 aromatic heterocycles. The average Bonchev–Trinajstić information content (AvgIpc) is 2.56. The molecule has 0 bridgehead atoms. The molecule has 0 fully saturated rings. The van der Waals surface area contributed by atoms with Gasteiger partial charge in [-0.15, -0.1) is 0 Å². The van der Waals surface area contributed by atoms with E-state index in [2.05, 4.69) is 20.1 Å². The Morgan fingerprint density at radius 3 is 2.04 bits per heavy atom. The van der Waals surface area contributed by atoms with Crippen LogP contribution in [0.15, 0.2) is 18.2 Å². The van der Waals surface area contributed by atoms with E-state index in [1.54, 1.807) is 0 Å². The van der Waals surface area contributed by atoms with Crippen LogP contribution in [0.1, 0.15) is 27.6 Å². The van der Waals surface area contributed by atoms with Crippen LogP contribution in [-0.4, -0.2) is 51.9 Å². The molecule has 1 aromatic carbocycles. The maximum absolute atomic E-state index is 11.8. The van der Waals surface area contributed by atoms with Gasteiger partial charge in [0.05, 0.1) is 32.0 Å². The summed E-state index contributed by atoms with van der Waals surface area (Å²) in [4.78, 5) is 35.0. The third-order valence-electron chi connectivity index (χ3n) is 2.77. The summed E-state index contributed by atoms with van der Waals surface area (Å²) >= 11 is 0. The van der Waals surface area contributed by atoms with Crippen molar-refractivity contribution < 1.29 is 28.6 Å². The summed E-state index contributed by atoms with van der Waals surface area (Å²) in [5.41, 5.74) is 0.516. The summed E-state index contributed by atoms with van der Waals surface area (Å²) in [5, 5.41) is 5.12. The minimum absolute atomic E-state index is 0.125. The molecule has 0 saturated heterocycles. The molecule has 8 nitrogen and oxygen atoms in total. The first-order chi connectivity index (χ1) is 11.0. The Hall–Kier alpha value is -2.61. The normalized spacial score (nSPS) is 9.87. The van der Waals surface area contributed by atoms with Crippen LogP contribution < -0.4 is 10.6 Å². The highest BCUT2D eigenvalue weighted by Crippen LogP contribution is 2.17. The number of hydrogen-bond donors (Lipinski definition) is 2. The van der Waals surface area contributed by atoms with Crippen LogP contribution in [0.5, 0.6) is 0 Å². The summed E-state index contributed by atoms with van der Waals surface area (Å²) < 4.78 is 14.3. The SMILES string of the molecule is CCOCCNC(=O)Nc1cc(C(=O)OC)cc(C(=O)OC)c1. The number of ether oxygens (including phenoxy) is 3. The van der Waals surface area contributed by atoms with Crippen molar-refractivity contribution in [1.29, 1.82) is 0 Å². The van der Waals surface area contributed by atoms with Crippen molar-refractivity contribution in [3.05, 3.63) is 29.3 Å². The maximum Gasteiger partial charge on any atom is 0.337 e. The highest BCUT2D eigenvalue weighted by molar-refractivity contribution is 5.99. The minimum atomic E-state index is -0.629. The van der Waals surface area contributed by atoms with Gasteiger partial charge in [0.2, 0.25) is 0 Å². The number of nitrogens with one attached hydrogen (secondary N) is 2. The van der Waals surface area contributed by atoms with Gasteiger partial charge in [0.1, 0.15) is 0 Å². The molecule has 1 aromatic rings. The molecule has 0 aliphatic rings. The van der Waals surface area contributed by atoms with Crippen molar-refractivity contribution in [3.8, 4) is 0 Å². The lowest BCUT2D eigenvalue weighted by atomic mass is 10.1. The third-order valence-corrected chi connectivity index (χ3v) is 2.77. The number of carbonyl (C=O) groups is 3. The number of anilines is 1. The monoisotopic (exact) mass is 324 g/mol. The Kier molecular flexibility index (Phi) is 7.55. The number of amides is 2. The number of urea groups is 1. The van der Waals surface area contributed by atoms with Crippen molar-refractivity contribution in [1.82, 2.24) is 5.32 Å². The Labute approximate surface area is 134 Å². The zero-order valence-corrected chi connectivity index (χ0v) is 13.3. The first kappa shape index (κ1) is 18.4. The molecule has 0 heterocycles. The summed E-state index contributed by atoms with van der Waals surface area (Å²) in [6.07, 6.45) is 0. The van der Waals surface area contributed by atoms with Crippen LogP contribution in [0.4, 0.5) is 10.5 Å². The second kappa shape index (κ2) is 9.42. The standard InChI is InChI=1S/C15H20N2O6/c1-4-23-6-5-16-15(20)17-12-8-10(13(18)21-2)7-11(9-12)14(19)22-3/h7-9H,4-6H2,1-3H3,(H2,16,17,20). The van der Waals surface area contributed by atoms with E-state index >= 15 is 0 Å². The molecule has 2 amide bonds. The molecule has 0 saturated carbocycles. The van der Waals surface area contributed by atoms with Gasteiger partial charge in [-0.2, -0.15) is 0 Å². The fraction of sp³-hybridized carbons (Fsp3) is 0.400. The Bertz CT molecular complexity index is 539. The van der Waals surface area contributed by atoms with Crippen LogP contribution >= 0.6 is 0 Å². The lowest BCUT2D eigenvalue weighted by Gasteiger charge is -2.10. The van der Waals surface area contributed by atoms with Crippen LogP contribution in [-0.2, 0) is 14.2 Å². The first-order valence-corrected chi connectivity index (χ1v) is 6.96. The summed E-state index contributed by atoms with van der Waals surface area (Å²) in [5.74, 6) is -1.26. The van der Waals surface area contributed by atoms with Crippen LogP contribution in [0.3, 0.4) is 0 Å². The van der Waals surface area contributed by atoms with E-state index in [0.29, 0.717) is 19.8 Å². The van der Waals surface area contributed by atoms with E-state index in [0.717, 1.165) is 0 Å². The fourth-order valence-corrected chi connectivity index (χ4v) is 1.73. The van der Waals surface area contributed by atoms with Gasteiger partial charge in [0.15, 0.2) is 0 Å². The van der Waals surface area contributed by atoms with E-state index in [9.17, 15) is 14.4 Å². The number of rotatable bonds is 7. The zero-order valence-electron chi connectivity index (χ0n) is 13.3. The lowest BCUT2D eigenvalue weighted by Crippen LogP contribution is -2.31. The van der Waals surface area contributed by atoms with E-state index in [-0.39, 0.29) is 16.8 Å². The molecule has 1 rings (SSSR count). The number of hydrogen-bond acceptors (Lipinski definition) is 6. The van der Waals surface area contributed by atoms with Gasteiger partial charge < -0.3 is 24.8 Å². The molecule has 8 heteroatoms. The number of esters is 2. The Balaban J connectivity index is 2.85. The van der Waals surface area contributed by atoms with Gasteiger partial charge in [-0.1, -0.05) is 0 Å². The Morgan fingerprint density at radius 2 is 1.57 bits per heavy atom. The first-order valence-electron chi connectivity index (χ1n) is 6.96. The fourth-order valence-electron chi connectivity index (χ4n) is 1.73. The predicted octanol–water partition coefficient (Wildman–Crippen LogP) is 1.42. The molecule has 2 N–H and O–H groups in total. The second-order valence-electron chi connectivity index (χ2n) is 4.36. The highest BCUT2D eigenvalue weighted by Gasteiger charge is 2.14. The summed E-state index contributed by atoms with van der Waals surface area (Å²) in [7, 11) is 2.45. The van der Waals surface area contributed by atoms with Gasteiger partial charge in [-0.25, -0.2) is 14.4 Å². The van der Waals surface area contributed by atoms with E-state index in [1.165, 1.54) is 32.4 Å². The number of carbonyl (C=O) groups excluding carboxylic acids is 3. The quantitative estimate of drug-likeness (QED) is 0.581. The van der Waals surface area contributed by atoms with Crippen molar-refractivity contribution in [2.75, 3.05) is 39.3 Å². The van der Waals surface area contributed by atoms with Gasteiger partial charge in [-0.3, -0.25) is 0 Å². The molecule has 0 aliphatic carbocycles. The van der Waals surface area contributed by atoms with Crippen molar-refractivity contribution in [3.63, 3.8) is 0 Å². The second-order valence-corrected chi connectivity index (χ2v) is 4.36. The van der Waals surface area contributed by atoms with Crippen molar-refractivity contribution in [2.24, 2.45) is 0 Å². The smallest absolute Gasteiger partial charge is 0.337 e. The van der Waals surface area contributed by atoms with Gasteiger partial charge in [0.25, 0.3) is 0 Å². The lowest BCUT2D eigenvalue weighted by molar-refractivity contribution is 0.0599. The molecule has 0 aliphatic heterocycles. The average molecular weight is 324 g/mol. The maximum atomic E-state index is 11.8. The Morgan fingerprint density at radius 1 is 1.00 bits per heavy atom. The van der Waals surface area contributed by atoms with E-state index < -0.39 is 18.0 Å². The largest absolute Gasteiger partial charge is 0.465 e. The van der Waals surface area contributed by atoms with Gasteiger partial charge in [0, 0.05) is 18.8 Å².